The van der Waals surface area contributed by atoms with Crippen molar-refractivity contribution < 1.29 is 14.1 Å². The highest BCUT2D eigenvalue weighted by atomic mass is 16.5. The van der Waals surface area contributed by atoms with Crippen LogP contribution in [-0.2, 0) is 16.1 Å². The first-order valence-corrected chi connectivity index (χ1v) is 6.08. The largest absolute Gasteiger partial charge is 0.379 e. The number of carbonyl (C=O) groups is 1. The van der Waals surface area contributed by atoms with Gasteiger partial charge in [-0.3, -0.25) is 4.79 Å². The lowest BCUT2D eigenvalue weighted by Crippen LogP contribution is -2.42. The zero-order valence-electron chi connectivity index (χ0n) is 10.9. The van der Waals surface area contributed by atoms with Crippen molar-refractivity contribution in [3.8, 4) is 0 Å². The van der Waals surface area contributed by atoms with Gasteiger partial charge in [-0.25, -0.2) is 0 Å². The Morgan fingerprint density at radius 3 is 2.83 bits per heavy atom. The maximum Gasteiger partial charge on any atom is 0.227 e. The molecule has 18 heavy (non-hydrogen) atoms. The lowest BCUT2D eigenvalue weighted by atomic mass is 10.0. The molecule has 0 spiro atoms. The van der Waals surface area contributed by atoms with E-state index < -0.39 is 0 Å². The Hall–Kier alpha value is -1.40. The van der Waals surface area contributed by atoms with Crippen LogP contribution in [0.25, 0.3) is 0 Å². The van der Waals surface area contributed by atoms with E-state index in [1.807, 2.05) is 20.9 Å². The molecule has 2 N–H and O–H groups in total. The molecule has 1 amide bonds. The summed E-state index contributed by atoms with van der Waals surface area (Å²) < 4.78 is 10.4. The number of hydrogen-bond donors (Lipinski definition) is 2. The van der Waals surface area contributed by atoms with Gasteiger partial charge in [0.25, 0.3) is 0 Å². The summed E-state index contributed by atoms with van der Waals surface area (Å²) in [5.74, 6) is 0.628. The van der Waals surface area contributed by atoms with Crippen LogP contribution in [0.5, 0.6) is 0 Å². The van der Waals surface area contributed by atoms with Gasteiger partial charge in [-0.15, -0.1) is 0 Å². The number of nitrogens with zero attached hydrogens (tertiary/aromatic N) is 1. The molecule has 100 valence electrons. The highest BCUT2D eigenvalue weighted by molar-refractivity contribution is 5.79. The summed E-state index contributed by atoms with van der Waals surface area (Å²) in [4.78, 5) is 12.1. The van der Waals surface area contributed by atoms with E-state index in [1.54, 1.807) is 0 Å². The maximum atomic E-state index is 12.1. The average Bonchev–Trinajstić information content (AvgIpc) is 2.94. The van der Waals surface area contributed by atoms with E-state index in [4.69, 9.17) is 9.26 Å². The van der Waals surface area contributed by atoms with E-state index in [2.05, 4.69) is 15.8 Å². The molecule has 1 aromatic rings. The lowest BCUT2D eigenvalue weighted by molar-refractivity contribution is -0.125. The fraction of sp³-hybridized carbons (Fsp3) is 0.667. The average molecular weight is 253 g/mol. The zero-order valence-corrected chi connectivity index (χ0v) is 10.9. The Morgan fingerprint density at radius 2 is 2.22 bits per heavy atom. The second-order valence-corrected chi connectivity index (χ2v) is 4.56. The van der Waals surface area contributed by atoms with Gasteiger partial charge >= 0.3 is 0 Å². The monoisotopic (exact) mass is 253 g/mol. The molecule has 1 saturated heterocycles. The molecule has 0 aliphatic carbocycles. The van der Waals surface area contributed by atoms with Gasteiger partial charge < -0.3 is 19.9 Å². The first-order chi connectivity index (χ1) is 8.63. The summed E-state index contributed by atoms with van der Waals surface area (Å²) in [6.07, 6.45) is 0. The van der Waals surface area contributed by atoms with Gasteiger partial charge in [0, 0.05) is 18.2 Å². The van der Waals surface area contributed by atoms with Crippen LogP contribution in [0.1, 0.15) is 17.0 Å². The Kier molecular flexibility index (Phi) is 3.98. The quantitative estimate of drug-likeness (QED) is 0.798. The molecule has 1 aromatic heterocycles. The van der Waals surface area contributed by atoms with Crippen LogP contribution in [0.2, 0.25) is 0 Å². The molecule has 2 atom stereocenters. The predicted molar refractivity (Wildman–Crippen MR) is 65.0 cm³/mol. The van der Waals surface area contributed by atoms with Gasteiger partial charge in [0.15, 0.2) is 0 Å². The number of rotatable bonds is 4. The van der Waals surface area contributed by atoms with Crippen molar-refractivity contribution in [1.82, 2.24) is 15.8 Å². The van der Waals surface area contributed by atoms with Gasteiger partial charge in [0.2, 0.25) is 5.91 Å². The molecule has 0 radical (unpaired) electrons. The van der Waals surface area contributed by atoms with E-state index in [0.717, 1.165) is 17.0 Å². The summed E-state index contributed by atoms with van der Waals surface area (Å²) in [6, 6.07) is 0.0923. The van der Waals surface area contributed by atoms with E-state index in [1.165, 1.54) is 0 Å². The molecule has 0 saturated carbocycles. The lowest BCUT2D eigenvalue weighted by Gasteiger charge is -2.16. The molecule has 0 aromatic carbocycles. The number of nitrogens with one attached hydrogen (secondary N) is 2. The number of likely N-dealkylation sites (N-methyl/N-ethyl adjacent to an activating group) is 1. The zero-order chi connectivity index (χ0) is 13.1. The number of ether oxygens (including phenoxy) is 1. The molecule has 2 heterocycles. The van der Waals surface area contributed by atoms with Gasteiger partial charge in [-0.2, -0.15) is 0 Å². The summed E-state index contributed by atoms with van der Waals surface area (Å²) in [7, 11) is 1.84. The van der Waals surface area contributed by atoms with Gasteiger partial charge in [-0.1, -0.05) is 5.16 Å². The standard InChI is InChI=1S/C12H19N3O3/c1-7-9(8(2)18-15-7)4-14-12(16)10-5-17-6-11(10)13-3/h10-11,13H,4-6H2,1-3H3,(H,14,16). The maximum absolute atomic E-state index is 12.1. The number of aromatic nitrogens is 1. The number of carbonyl (C=O) groups excluding carboxylic acids is 1. The van der Waals surface area contributed by atoms with E-state index in [-0.39, 0.29) is 17.9 Å². The molecule has 6 nitrogen and oxygen atoms in total. The van der Waals surface area contributed by atoms with E-state index >= 15 is 0 Å². The highest BCUT2D eigenvalue weighted by Gasteiger charge is 2.32. The Morgan fingerprint density at radius 1 is 1.44 bits per heavy atom. The third-order valence-corrected chi connectivity index (χ3v) is 3.41. The summed E-state index contributed by atoms with van der Waals surface area (Å²) in [5, 5.41) is 9.87. The first-order valence-electron chi connectivity index (χ1n) is 6.08. The number of aryl methyl sites for hydroxylation is 2. The van der Waals surface area contributed by atoms with Crippen molar-refractivity contribution in [3.63, 3.8) is 0 Å². The van der Waals surface area contributed by atoms with Crippen LogP contribution in [0, 0.1) is 19.8 Å². The smallest absolute Gasteiger partial charge is 0.227 e. The van der Waals surface area contributed by atoms with Crippen molar-refractivity contribution in [2.75, 3.05) is 20.3 Å². The van der Waals surface area contributed by atoms with Crippen LogP contribution in [-0.4, -0.2) is 37.4 Å². The topological polar surface area (TPSA) is 76.4 Å². The normalized spacial score (nSPS) is 23.3. The predicted octanol–water partition coefficient (Wildman–Crippen LogP) is 0.142. The van der Waals surface area contributed by atoms with Crippen LogP contribution in [0.4, 0.5) is 0 Å². The minimum Gasteiger partial charge on any atom is -0.379 e. The Balaban J connectivity index is 1.92. The van der Waals surface area contributed by atoms with Gasteiger partial charge in [0.05, 0.1) is 24.8 Å². The highest BCUT2D eigenvalue weighted by Crippen LogP contribution is 2.15. The van der Waals surface area contributed by atoms with Crippen molar-refractivity contribution >= 4 is 5.91 Å². The Labute approximate surface area is 106 Å². The minimum absolute atomic E-state index is 0.00634. The molecule has 2 unspecified atom stereocenters. The second kappa shape index (κ2) is 5.49. The summed E-state index contributed by atoms with van der Waals surface area (Å²) >= 11 is 0. The number of amides is 1. The molecule has 1 fully saturated rings. The summed E-state index contributed by atoms with van der Waals surface area (Å²) in [6.45, 7) is 5.22. The van der Waals surface area contributed by atoms with Crippen LogP contribution < -0.4 is 10.6 Å². The van der Waals surface area contributed by atoms with Crippen LogP contribution in [0.15, 0.2) is 4.52 Å². The second-order valence-electron chi connectivity index (χ2n) is 4.56. The molecule has 0 bridgehead atoms. The SMILES string of the molecule is CNC1COCC1C(=O)NCc1c(C)noc1C. The van der Waals surface area contributed by atoms with Crippen LogP contribution >= 0.6 is 0 Å². The van der Waals surface area contributed by atoms with E-state index in [0.29, 0.717) is 19.8 Å². The summed E-state index contributed by atoms with van der Waals surface area (Å²) in [5.41, 5.74) is 1.77. The van der Waals surface area contributed by atoms with Crippen molar-refractivity contribution in [1.29, 1.82) is 0 Å². The first kappa shape index (κ1) is 13.0. The van der Waals surface area contributed by atoms with Crippen molar-refractivity contribution in [2.45, 2.75) is 26.4 Å². The van der Waals surface area contributed by atoms with E-state index in [9.17, 15) is 4.79 Å². The van der Waals surface area contributed by atoms with Gasteiger partial charge in [0.1, 0.15) is 5.76 Å². The molecular weight excluding hydrogens is 234 g/mol. The van der Waals surface area contributed by atoms with Crippen LogP contribution in [0.3, 0.4) is 0 Å². The molecule has 1 aliphatic rings. The fourth-order valence-electron chi connectivity index (χ4n) is 2.16. The minimum atomic E-state index is -0.129. The third kappa shape index (κ3) is 2.54. The third-order valence-electron chi connectivity index (χ3n) is 3.41. The molecule has 1 aliphatic heterocycles. The molecule has 2 rings (SSSR count). The Bertz CT molecular complexity index is 411. The molecule has 6 heteroatoms. The number of hydrogen-bond acceptors (Lipinski definition) is 5. The molecular formula is C12H19N3O3. The van der Waals surface area contributed by atoms with Gasteiger partial charge in [-0.05, 0) is 20.9 Å². The van der Waals surface area contributed by atoms with Crippen molar-refractivity contribution in [3.05, 3.63) is 17.0 Å². The fourth-order valence-corrected chi connectivity index (χ4v) is 2.16. The van der Waals surface area contributed by atoms with Crippen molar-refractivity contribution in [2.24, 2.45) is 5.92 Å².